The number of hydrogen-bond donors (Lipinski definition) is 1. The largest absolute Gasteiger partial charge is 0.431 e. The molecule has 0 spiro atoms. The zero-order valence-corrected chi connectivity index (χ0v) is 15.0. The van der Waals surface area contributed by atoms with Crippen LogP contribution in [0, 0.1) is 0 Å². The fraction of sp³-hybridized carbons (Fsp3) is 0.200. The number of thiophene rings is 1. The Hall–Kier alpha value is -1.55. The lowest BCUT2D eigenvalue weighted by molar-refractivity contribution is -0.137. The molecule has 0 aliphatic rings. The second-order valence-corrected chi connectivity index (χ2v) is 6.94. The maximum Gasteiger partial charge on any atom is 0.416 e. The van der Waals surface area contributed by atoms with Crippen LogP contribution in [0.25, 0.3) is 11.1 Å². The van der Waals surface area contributed by atoms with Crippen LogP contribution in [0.4, 0.5) is 13.2 Å². The molecule has 0 fully saturated rings. The smallest absolute Gasteiger partial charge is 0.416 e. The summed E-state index contributed by atoms with van der Waals surface area (Å²) < 4.78 is 43.4. The van der Waals surface area contributed by atoms with Gasteiger partial charge in [-0.2, -0.15) is 13.2 Å². The molecular formula is C15H12ClF3N2O2S2. The van der Waals surface area contributed by atoms with Gasteiger partial charge in [-0.1, -0.05) is 11.8 Å². The number of alkyl halides is 3. The number of oxazole rings is 1. The molecule has 0 bridgehead atoms. The number of thioether (sulfide) groups is 1. The highest BCUT2D eigenvalue weighted by Crippen LogP contribution is 2.32. The first-order valence-electron chi connectivity index (χ1n) is 6.79. The molecule has 0 unspecified atom stereocenters. The number of carbonyl (C=O) groups excluding carboxylic acids is 1. The van der Waals surface area contributed by atoms with E-state index >= 15 is 0 Å². The molecular weight excluding hydrogens is 397 g/mol. The van der Waals surface area contributed by atoms with Crippen molar-refractivity contribution in [2.24, 2.45) is 5.73 Å². The highest BCUT2D eigenvalue weighted by molar-refractivity contribution is 7.99. The summed E-state index contributed by atoms with van der Waals surface area (Å²) in [6.45, 7) is 0.373. The average molecular weight is 409 g/mol. The standard InChI is InChI=1S/C15H11F3N2O2S2.ClH/c16-15(17,18)8-1-3-12-10(5-8)20-14(22-12)23-7-11(21)13-4-2-9(6-19)24-13;/h1-5H,6-7,19H2;1H. The van der Waals surface area contributed by atoms with Crippen molar-refractivity contribution in [1.82, 2.24) is 4.98 Å². The van der Waals surface area contributed by atoms with Crippen LogP contribution < -0.4 is 5.73 Å². The molecule has 2 heterocycles. The number of rotatable bonds is 5. The number of benzene rings is 1. The Bertz CT molecular complexity index is 892. The third-order valence-corrected chi connectivity index (χ3v) is 5.14. The van der Waals surface area contributed by atoms with Crippen LogP contribution in [0.5, 0.6) is 0 Å². The van der Waals surface area contributed by atoms with E-state index in [1.165, 1.54) is 17.4 Å². The number of carbonyl (C=O) groups is 1. The van der Waals surface area contributed by atoms with Crippen molar-refractivity contribution in [3.8, 4) is 0 Å². The summed E-state index contributed by atoms with van der Waals surface area (Å²) in [5.74, 6) is -0.0216. The van der Waals surface area contributed by atoms with E-state index in [1.54, 1.807) is 12.1 Å². The lowest BCUT2D eigenvalue weighted by atomic mass is 10.2. The molecule has 134 valence electrons. The van der Waals surface area contributed by atoms with Gasteiger partial charge in [-0.15, -0.1) is 23.7 Å². The topological polar surface area (TPSA) is 69.1 Å². The maximum absolute atomic E-state index is 12.7. The minimum atomic E-state index is -4.43. The van der Waals surface area contributed by atoms with Crippen molar-refractivity contribution in [3.63, 3.8) is 0 Å². The first-order chi connectivity index (χ1) is 11.4. The zero-order chi connectivity index (χ0) is 17.3. The molecule has 0 saturated carbocycles. The summed E-state index contributed by atoms with van der Waals surface area (Å²) in [5, 5.41) is 0.160. The van der Waals surface area contributed by atoms with Crippen LogP contribution in [0.3, 0.4) is 0 Å². The number of hydrogen-bond acceptors (Lipinski definition) is 6. The van der Waals surface area contributed by atoms with E-state index in [2.05, 4.69) is 4.98 Å². The van der Waals surface area contributed by atoms with Crippen LogP contribution in [-0.2, 0) is 12.7 Å². The number of nitrogens with zero attached hydrogens (tertiary/aromatic N) is 1. The van der Waals surface area contributed by atoms with Crippen molar-refractivity contribution in [3.05, 3.63) is 45.6 Å². The summed E-state index contributed by atoms with van der Waals surface area (Å²) in [5.41, 5.74) is 5.08. The number of aromatic nitrogens is 1. The number of Topliss-reactive ketones (excluding diaryl/α,β-unsaturated/α-hetero) is 1. The molecule has 2 N–H and O–H groups in total. The molecule has 3 aromatic rings. The number of nitrogens with two attached hydrogens (primary N) is 1. The molecule has 0 atom stereocenters. The molecule has 2 aromatic heterocycles. The highest BCUT2D eigenvalue weighted by Gasteiger charge is 2.31. The first kappa shape index (κ1) is 19.8. The Morgan fingerprint density at radius 1 is 1.28 bits per heavy atom. The van der Waals surface area contributed by atoms with Gasteiger partial charge in [0.25, 0.3) is 5.22 Å². The van der Waals surface area contributed by atoms with Gasteiger partial charge in [0.15, 0.2) is 11.4 Å². The lowest BCUT2D eigenvalue weighted by Crippen LogP contribution is -2.03. The van der Waals surface area contributed by atoms with E-state index in [1.807, 2.05) is 0 Å². The summed E-state index contributed by atoms with van der Waals surface area (Å²) in [6, 6.07) is 6.59. The van der Waals surface area contributed by atoms with Gasteiger partial charge in [0.05, 0.1) is 16.2 Å². The van der Waals surface area contributed by atoms with E-state index in [0.29, 0.717) is 11.4 Å². The predicted octanol–water partition coefficient (Wildman–Crippen LogP) is 4.76. The fourth-order valence-electron chi connectivity index (χ4n) is 1.98. The zero-order valence-electron chi connectivity index (χ0n) is 12.5. The van der Waals surface area contributed by atoms with Crippen LogP contribution in [0.2, 0.25) is 0 Å². The van der Waals surface area contributed by atoms with Gasteiger partial charge >= 0.3 is 6.18 Å². The van der Waals surface area contributed by atoms with E-state index in [4.69, 9.17) is 10.2 Å². The fourth-order valence-corrected chi connectivity index (χ4v) is 3.62. The van der Waals surface area contributed by atoms with Gasteiger partial charge in [0, 0.05) is 11.4 Å². The van der Waals surface area contributed by atoms with E-state index in [9.17, 15) is 18.0 Å². The van der Waals surface area contributed by atoms with Gasteiger partial charge < -0.3 is 10.2 Å². The van der Waals surface area contributed by atoms with Crippen molar-refractivity contribution in [1.29, 1.82) is 0 Å². The van der Waals surface area contributed by atoms with Gasteiger partial charge in [-0.3, -0.25) is 4.79 Å². The highest BCUT2D eigenvalue weighted by atomic mass is 35.5. The SMILES string of the molecule is Cl.NCc1ccc(C(=O)CSc2nc3cc(C(F)(F)F)ccc3o2)s1. The van der Waals surface area contributed by atoms with Crippen molar-refractivity contribution in [2.75, 3.05) is 5.75 Å². The Morgan fingerprint density at radius 2 is 2.04 bits per heavy atom. The van der Waals surface area contributed by atoms with Crippen molar-refractivity contribution >= 4 is 52.4 Å². The molecule has 10 heteroatoms. The van der Waals surface area contributed by atoms with Gasteiger partial charge in [0.2, 0.25) is 0 Å². The molecule has 0 aliphatic heterocycles. The molecule has 25 heavy (non-hydrogen) atoms. The van der Waals surface area contributed by atoms with Crippen molar-refractivity contribution < 1.29 is 22.4 Å². The number of halogens is 4. The Kier molecular flexibility index (Phi) is 6.15. The second-order valence-electron chi connectivity index (χ2n) is 4.84. The average Bonchev–Trinajstić information content (AvgIpc) is 3.17. The predicted molar refractivity (Wildman–Crippen MR) is 93.5 cm³/mol. The van der Waals surface area contributed by atoms with E-state index in [-0.39, 0.29) is 40.3 Å². The Balaban J connectivity index is 0.00000225. The monoisotopic (exact) mass is 408 g/mol. The normalized spacial score (nSPS) is 11.5. The van der Waals surface area contributed by atoms with Crippen LogP contribution in [-0.4, -0.2) is 16.5 Å². The maximum atomic E-state index is 12.7. The number of ketones is 1. The third kappa shape index (κ3) is 4.55. The van der Waals surface area contributed by atoms with Crippen LogP contribution >= 0.6 is 35.5 Å². The minimum absolute atomic E-state index is 0. The van der Waals surface area contributed by atoms with Gasteiger partial charge in [-0.05, 0) is 30.3 Å². The summed E-state index contributed by atoms with van der Waals surface area (Å²) in [6.07, 6.45) is -4.43. The van der Waals surface area contributed by atoms with E-state index < -0.39 is 11.7 Å². The third-order valence-electron chi connectivity index (χ3n) is 3.16. The second kappa shape index (κ2) is 7.77. The molecule has 0 saturated heterocycles. The molecule has 0 amide bonds. The summed E-state index contributed by atoms with van der Waals surface area (Å²) in [4.78, 5) is 17.6. The summed E-state index contributed by atoms with van der Waals surface area (Å²) in [7, 11) is 0. The van der Waals surface area contributed by atoms with E-state index in [0.717, 1.165) is 28.8 Å². The van der Waals surface area contributed by atoms with Crippen molar-refractivity contribution in [2.45, 2.75) is 17.9 Å². The van der Waals surface area contributed by atoms with Crippen LogP contribution in [0.1, 0.15) is 20.1 Å². The number of fused-ring (bicyclic) bond motifs is 1. The van der Waals surface area contributed by atoms with Crippen LogP contribution in [0.15, 0.2) is 40.0 Å². The molecule has 1 aromatic carbocycles. The Labute approximate surface area is 155 Å². The Morgan fingerprint density at radius 3 is 2.68 bits per heavy atom. The lowest BCUT2D eigenvalue weighted by Gasteiger charge is -2.04. The van der Waals surface area contributed by atoms with Gasteiger partial charge in [-0.25, -0.2) is 4.98 Å². The van der Waals surface area contributed by atoms with Gasteiger partial charge in [0.1, 0.15) is 5.52 Å². The first-order valence-corrected chi connectivity index (χ1v) is 8.59. The molecule has 3 rings (SSSR count). The molecule has 0 aliphatic carbocycles. The quantitative estimate of drug-likeness (QED) is 0.486. The molecule has 4 nitrogen and oxygen atoms in total. The summed E-state index contributed by atoms with van der Waals surface area (Å²) >= 11 is 2.37. The molecule has 0 radical (unpaired) electrons. The minimum Gasteiger partial charge on any atom is -0.431 e.